The number of nitro groups is 1. The van der Waals surface area contributed by atoms with E-state index in [1.165, 1.54) is 11.3 Å². The highest BCUT2D eigenvalue weighted by Gasteiger charge is 2.14. The standard InChI is InChI=1S/C10H11Br2NO2S/c1-6(2)3-7(13(14)15)4-8-5-9(11)10(12)16-8/h4-6H,3H2,1-2H3. The number of allylic oxidation sites excluding steroid dienone is 1. The molecular formula is C10H11Br2NO2S. The zero-order valence-electron chi connectivity index (χ0n) is 8.87. The molecule has 0 N–H and O–H groups in total. The fourth-order valence-electron chi connectivity index (χ4n) is 1.20. The predicted molar refractivity (Wildman–Crippen MR) is 74.1 cm³/mol. The lowest BCUT2D eigenvalue weighted by molar-refractivity contribution is -0.427. The summed E-state index contributed by atoms with van der Waals surface area (Å²) in [6, 6.07) is 1.87. The molecule has 0 aromatic carbocycles. The van der Waals surface area contributed by atoms with Gasteiger partial charge < -0.3 is 0 Å². The van der Waals surface area contributed by atoms with Crippen LogP contribution in [0.1, 0.15) is 25.1 Å². The van der Waals surface area contributed by atoms with Crippen LogP contribution in [0.2, 0.25) is 0 Å². The third-order valence-corrected chi connectivity index (χ3v) is 5.03. The molecule has 0 saturated heterocycles. The smallest absolute Gasteiger partial charge is 0.247 e. The van der Waals surface area contributed by atoms with E-state index in [-0.39, 0.29) is 16.5 Å². The quantitative estimate of drug-likeness (QED) is 0.558. The normalized spacial score (nSPS) is 12.2. The number of halogens is 2. The van der Waals surface area contributed by atoms with Crippen molar-refractivity contribution < 1.29 is 4.92 Å². The summed E-state index contributed by atoms with van der Waals surface area (Å²) in [6.45, 7) is 3.94. The second kappa shape index (κ2) is 5.93. The fourth-order valence-corrected chi connectivity index (χ4v) is 3.25. The van der Waals surface area contributed by atoms with Gasteiger partial charge in [0.05, 0.1) is 8.71 Å². The van der Waals surface area contributed by atoms with E-state index in [1.807, 2.05) is 19.9 Å². The molecule has 0 amide bonds. The lowest BCUT2D eigenvalue weighted by atomic mass is 10.1. The van der Waals surface area contributed by atoms with Crippen LogP contribution in [-0.4, -0.2) is 4.92 Å². The van der Waals surface area contributed by atoms with Crippen molar-refractivity contribution in [3.8, 4) is 0 Å². The Morgan fingerprint density at radius 2 is 2.25 bits per heavy atom. The monoisotopic (exact) mass is 367 g/mol. The highest BCUT2D eigenvalue weighted by molar-refractivity contribution is 9.13. The summed E-state index contributed by atoms with van der Waals surface area (Å²) in [6.07, 6.45) is 2.13. The third kappa shape index (κ3) is 3.99. The highest BCUT2D eigenvalue weighted by atomic mass is 79.9. The molecule has 1 heterocycles. The first-order valence-corrected chi connectivity index (χ1v) is 7.10. The van der Waals surface area contributed by atoms with Crippen LogP contribution in [0.25, 0.3) is 6.08 Å². The Morgan fingerprint density at radius 3 is 2.62 bits per heavy atom. The van der Waals surface area contributed by atoms with E-state index in [0.29, 0.717) is 6.42 Å². The topological polar surface area (TPSA) is 43.1 Å². The molecule has 0 spiro atoms. The molecule has 0 saturated carbocycles. The Labute approximate surface area is 115 Å². The van der Waals surface area contributed by atoms with E-state index in [2.05, 4.69) is 31.9 Å². The number of thiophene rings is 1. The minimum atomic E-state index is -0.304. The zero-order valence-corrected chi connectivity index (χ0v) is 12.9. The summed E-state index contributed by atoms with van der Waals surface area (Å²) in [5.74, 6) is 0.281. The van der Waals surface area contributed by atoms with Crippen molar-refractivity contribution in [3.05, 3.63) is 35.0 Å². The van der Waals surface area contributed by atoms with Gasteiger partial charge in [0.2, 0.25) is 5.70 Å². The van der Waals surface area contributed by atoms with Crippen molar-refractivity contribution in [2.24, 2.45) is 5.92 Å². The molecule has 0 aliphatic rings. The average molecular weight is 369 g/mol. The lowest BCUT2D eigenvalue weighted by Gasteiger charge is -2.01. The van der Waals surface area contributed by atoms with Crippen LogP contribution in [0, 0.1) is 16.0 Å². The summed E-state index contributed by atoms with van der Waals surface area (Å²) < 4.78 is 1.88. The molecule has 88 valence electrons. The van der Waals surface area contributed by atoms with E-state index in [4.69, 9.17) is 0 Å². The van der Waals surface area contributed by atoms with Crippen molar-refractivity contribution in [2.45, 2.75) is 20.3 Å². The number of nitrogens with zero attached hydrogens (tertiary/aromatic N) is 1. The van der Waals surface area contributed by atoms with Gasteiger partial charge in [-0.2, -0.15) is 0 Å². The van der Waals surface area contributed by atoms with Crippen molar-refractivity contribution >= 4 is 49.3 Å². The van der Waals surface area contributed by atoms with Gasteiger partial charge in [-0.1, -0.05) is 13.8 Å². The van der Waals surface area contributed by atoms with E-state index < -0.39 is 0 Å². The fraction of sp³-hybridized carbons (Fsp3) is 0.400. The maximum atomic E-state index is 10.8. The summed E-state index contributed by atoms with van der Waals surface area (Å²) in [5.41, 5.74) is 0.260. The predicted octanol–water partition coefficient (Wildman–Crippen LogP) is 4.94. The van der Waals surface area contributed by atoms with Crippen molar-refractivity contribution in [1.29, 1.82) is 0 Å². The molecular weight excluding hydrogens is 358 g/mol. The number of hydrogen-bond acceptors (Lipinski definition) is 3. The van der Waals surface area contributed by atoms with Crippen molar-refractivity contribution in [2.75, 3.05) is 0 Å². The minimum Gasteiger partial charge on any atom is -0.259 e. The maximum absolute atomic E-state index is 10.8. The van der Waals surface area contributed by atoms with Gasteiger partial charge in [-0.25, -0.2) is 0 Å². The highest BCUT2D eigenvalue weighted by Crippen LogP contribution is 2.34. The largest absolute Gasteiger partial charge is 0.259 e. The van der Waals surface area contributed by atoms with Crippen LogP contribution in [0.15, 0.2) is 20.0 Å². The van der Waals surface area contributed by atoms with Crippen LogP contribution in [-0.2, 0) is 0 Å². The number of rotatable bonds is 4. The molecule has 0 radical (unpaired) electrons. The van der Waals surface area contributed by atoms with Crippen LogP contribution < -0.4 is 0 Å². The number of hydrogen-bond donors (Lipinski definition) is 0. The van der Waals surface area contributed by atoms with E-state index in [1.54, 1.807) is 6.08 Å². The maximum Gasteiger partial charge on any atom is 0.247 e. The third-order valence-electron chi connectivity index (χ3n) is 1.82. The zero-order chi connectivity index (χ0) is 12.3. The van der Waals surface area contributed by atoms with Crippen molar-refractivity contribution in [1.82, 2.24) is 0 Å². The van der Waals surface area contributed by atoms with E-state index >= 15 is 0 Å². The summed E-state index contributed by atoms with van der Waals surface area (Å²) in [4.78, 5) is 11.4. The summed E-state index contributed by atoms with van der Waals surface area (Å²) in [5, 5.41) is 10.8. The van der Waals surface area contributed by atoms with Crippen LogP contribution in [0.3, 0.4) is 0 Å². The Balaban J connectivity index is 2.97. The SMILES string of the molecule is CC(C)CC(=Cc1cc(Br)c(Br)s1)[N+](=O)[O-]. The van der Waals surface area contributed by atoms with Gasteiger partial charge in [0, 0.05) is 21.8 Å². The molecule has 0 aliphatic heterocycles. The van der Waals surface area contributed by atoms with E-state index in [9.17, 15) is 10.1 Å². The minimum absolute atomic E-state index is 0.260. The first-order valence-electron chi connectivity index (χ1n) is 4.70. The summed E-state index contributed by atoms with van der Waals surface area (Å²) >= 11 is 8.20. The van der Waals surface area contributed by atoms with Crippen LogP contribution in [0.5, 0.6) is 0 Å². The molecule has 0 atom stereocenters. The molecule has 16 heavy (non-hydrogen) atoms. The second-order valence-electron chi connectivity index (χ2n) is 3.76. The second-order valence-corrected chi connectivity index (χ2v) is 7.02. The van der Waals surface area contributed by atoms with Gasteiger partial charge in [0.1, 0.15) is 0 Å². The van der Waals surface area contributed by atoms with Gasteiger partial charge in [-0.15, -0.1) is 11.3 Å². The molecule has 0 fully saturated rings. The first kappa shape index (κ1) is 13.9. The first-order chi connectivity index (χ1) is 7.40. The van der Waals surface area contributed by atoms with E-state index in [0.717, 1.165) is 13.1 Å². The Morgan fingerprint density at radius 1 is 1.62 bits per heavy atom. The molecule has 1 aromatic heterocycles. The van der Waals surface area contributed by atoms with Gasteiger partial charge in [-0.3, -0.25) is 10.1 Å². The molecule has 1 rings (SSSR count). The molecule has 3 nitrogen and oxygen atoms in total. The van der Waals surface area contributed by atoms with Gasteiger partial charge in [0.25, 0.3) is 0 Å². The van der Waals surface area contributed by atoms with Crippen LogP contribution >= 0.6 is 43.2 Å². The molecule has 1 aromatic rings. The Bertz CT molecular complexity index is 407. The average Bonchev–Trinajstić information content (AvgIpc) is 2.44. The van der Waals surface area contributed by atoms with Crippen LogP contribution in [0.4, 0.5) is 0 Å². The Hall–Kier alpha value is -0.200. The summed E-state index contributed by atoms with van der Waals surface area (Å²) in [7, 11) is 0. The molecule has 6 heteroatoms. The van der Waals surface area contributed by atoms with Gasteiger partial charge in [0.15, 0.2) is 0 Å². The molecule has 0 unspecified atom stereocenters. The van der Waals surface area contributed by atoms with Gasteiger partial charge >= 0.3 is 0 Å². The van der Waals surface area contributed by atoms with Crippen molar-refractivity contribution in [3.63, 3.8) is 0 Å². The molecule has 0 bridgehead atoms. The van der Waals surface area contributed by atoms with Gasteiger partial charge in [-0.05, 0) is 43.8 Å². The Kier molecular flexibility index (Phi) is 5.14. The lowest BCUT2D eigenvalue weighted by Crippen LogP contribution is -2.01. The molecule has 0 aliphatic carbocycles.